The Hall–Kier alpha value is -0.580. The second-order valence-electron chi connectivity index (χ2n) is 4.22. The van der Waals surface area contributed by atoms with E-state index in [1.165, 1.54) is 5.56 Å². The van der Waals surface area contributed by atoms with Crippen LogP contribution in [-0.2, 0) is 6.42 Å². The average molecular weight is 301 g/mol. The first-order chi connectivity index (χ1) is 8.13. The molecule has 0 amide bonds. The molecule has 0 fully saturated rings. The van der Waals surface area contributed by atoms with E-state index in [9.17, 15) is 0 Å². The van der Waals surface area contributed by atoms with E-state index in [0.717, 1.165) is 36.2 Å². The number of hydrogen-bond donors (Lipinski definition) is 2. The van der Waals surface area contributed by atoms with Crippen molar-refractivity contribution >= 4 is 15.9 Å². The van der Waals surface area contributed by atoms with E-state index in [-0.39, 0.29) is 6.04 Å². The summed E-state index contributed by atoms with van der Waals surface area (Å²) in [7, 11) is 1.70. The highest BCUT2D eigenvalue weighted by Crippen LogP contribution is 2.22. The van der Waals surface area contributed by atoms with Crippen LogP contribution in [0.4, 0.5) is 0 Å². The fourth-order valence-electron chi connectivity index (χ4n) is 1.62. The summed E-state index contributed by atoms with van der Waals surface area (Å²) in [5.41, 5.74) is 6.90. The topological polar surface area (TPSA) is 47.3 Å². The van der Waals surface area contributed by atoms with E-state index in [2.05, 4.69) is 27.3 Å². The molecule has 1 rings (SSSR count). The Morgan fingerprint density at radius 3 is 2.82 bits per heavy atom. The fourth-order valence-corrected chi connectivity index (χ4v) is 2.03. The molecule has 0 aliphatic rings. The zero-order chi connectivity index (χ0) is 12.7. The minimum atomic E-state index is 0.267. The van der Waals surface area contributed by atoms with E-state index in [1.54, 1.807) is 7.11 Å². The largest absolute Gasteiger partial charge is 0.496 e. The lowest BCUT2D eigenvalue weighted by Gasteiger charge is -2.10. The van der Waals surface area contributed by atoms with Gasteiger partial charge in [0.05, 0.1) is 7.11 Å². The van der Waals surface area contributed by atoms with E-state index in [1.807, 2.05) is 19.1 Å². The van der Waals surface area contributed by atoms with Crippen molar-refractivity contribution in [2.24, 2.45) is 5.73 Å². The zero-order valence-electron chi connectivity index (χ0n) is 10.5. The Bertz CT molecular complexity index is 342. The number of methoxy groups -OCH3 is 1. The molecule has 3 nitrogen and oxygen atoms in total. The third-order valence-corrected chi connectivity index (χ3v) is 3.08. The number of nitrogens with one attached hydrogen (secondary N) is 1. The van der Waals surface area contributed by atoms with Crippen LogP contribution in [0.5, 0.6) is 5.75 Å². The molecule has 96 valence electrons. The predicted octanol–water partition coefficient (Wildman–Crippen LogP) is 2.33. The third-order valence-electron chi connectivity index (χ3n) is 2.59. The molecule has 17 heavy (non-hydrogen) atoms. The summed E-state index contributed by atoms with van der Waals surface area (Å²) in [6.07, 6.45) is 1.97. The fraction of sp³-hybridized carbons (Fsp3) is 0.538. The van der Waals surface area contributed by atoms with Crippen LogP contribution in [0.3, 0.4) is 0 Å². The van der Waals surface area contributed by atoms with Crippen LogP contribution in [0.15, 0.2) is 22.7 Å². The Balaban J connectivity index is 2.37. The molecule has 0 saturated carbocycles. The van der Waals surface area contributed by atoms with Crippen molar-refractivity contribution in [2.45, 2.75) is 25.8 Å². The second kappa shape index (κ2) is 7.69. The number of halogens is 1. The Morgan fingerprint density at radius 1 is 1.41 bits per heavy atom. The molecule has 4 heteroatoms. The minimum Gasteiger partial charge on any atom is -0.496 e. The predicted molar refractivity (Wildman–Crippen MR) is 75.5 cm³/mol. The number of rotatable bonds is 7. The van der Waals surface area contributed by atoms with E-state index >= 15 is 0 Å². The molecule has 0 aliphatic carbocycles. The maximum atomic E-state index is 5.69. The van der Waals surface area contributed by atoms with Gasteiger partial charge in [-0.2, -0.15) is 0 Å². The van der Waals surface area contributed by atoms with Gasteiger partial charge in [-0.1, -0.05) is 15.9 Å². The maximum Gasteiger partial charge on any atom is 0.122 e. The molecule has 0 bridgehead atoms. The monoisotopic (exact) mass is 300 g/mol. The Labute approximate surface area is 112 Å². The summed E-state index contributed by atoms with van der Waals surface area (Å²) in [6.45, 7) is 3.94. The summed E-state index contributed by atoms with van der Waals surface area (Å²) in [6, 6.07) is 6.35. The molecule has 0 radical (unpaired) electrons. The van der Waals surface area contributed by atoms with Crippen molar-refractivity contribution in [3.05, 3.63) is 28.2 Å². The molecule has 1 unspecified atom stereocenters. The lowest BCUT2D eigenvalue weighted by atomic mass is 10.1. The van der Waals surface area contributed by atoms with Crippen molar-refractivity contribution in [3.63, 3.8) is 0 Å². The highest BCUT2D eigenvalue weighted by atomic mass is 79.9. The highest BCUT2D eigenvalue weighted by molar-refractivity contribution is 9.10. The van der Waals surface area contributed by atoms with Crippen LogP contribution in [-0.4, -0.2) is 26.2 Å². The Morgan fingerprint density at radius 2 is 2.18 bits per heavy atom. The van der Waals surface area contributed by atoms with Crippen molar-refractivity contribution in [1.82, 2.24) is 5.32 Å². The molecular weight excluding hydrogens is 280 g/mol. The molecule has 0 saturated heterocycles. The standard InChI is InChI=1S/C13H21BrN2O/c1-10(15)5-7-16-8-6-11-9-12(14)3-4-13(11)17-2/h3-4,9-10,16H,5-8,15H2,1-2H3. The Kier molecular flexibility index (Phi) is 6.55. The van der Waals surface area contributed by atoms with Crippen LogP contribution in [0, 0.1) is 0 Å². The van der Waals surface area contributed by atoms with Gasteiger partial charge in [0.1, 0.15) is 5.75 Å². The van der Waals surface area contributed by atoms with Gasteiger partial charge in [-0.05, 0) is 56.6 Å². The van der Waals surface area contributed by atoms with Gasteiger partial charge < -0.3 is 15.8 Å². The lowest BCUT2D eigenvalue weighted by molar-refractivity contribution is 0.409. The highest BCUT2D eigenvalue weighted by Gasteiger charge is 2.03. The number of hydrogen-bond acceptors (Lipinski definition) is 3. The van der Waals surface area contributed by atoms with E-state index in [4.69, 9.17) is 10.5 Å². The molecule has 0 spiro atoms. The van der Waals surface area contributed by atoms with Crippen LogP contribution in [0.2, 0.25) is 0 Å². The molecule has 1 aromatic carbocycles. The molecule has 1 atom stereocenters. The van der Waals surface area contributed by atoms with Gasteiger partial charge in [-0.15, -0.1) is 0 Å². The van der Waals surface area contributed by atoms with Crippen molar-refractivity contribution < 1.29 is 4.74 Å². The summed E-state index contributed by atoms with van der Waals surface area (Å²) in [5.74, 6) is 0.946. The van der Waals surface area contributed by atoms with Crippen molar-refractivity contribution in [2.75, 3.05) is 20.2 Å². The van der Waals surface area contributed by atoms with Crippen LogP contribution in [0.25, 0.3) is 0 Å². The molecule has 1 aromatic rings. The molecular formula is C13H21BrN2O. The first-order valence-corrected chi connectivity index (χ1v) is 6.71. The SMILES string of the molecule is COc1ccc(Br)cc1CCNCCC(C)N. The molecule has 0 aromatic heterocycles. The number of ether oxygens (including phenoxy) is 1. The van der Waals surface area contributed by atoms with Crippen LogP contribution < -0.4 is 15.8 Å². The maximum absolute atomic E-state index is 5.69. The van der Waals surface area contributed by atoms with Gasteiger partial charge in [0.15, 0.2) is 0 Å². The zero-order valence-corrected chi connectivity index (χ0v) is 12.1. The smallest absolute Gasteiger partial charge is 0.122 e. The first-order valence-electron chi connectivity index (χ1n) is 5.92. The third kappa shape index (κ3) is 5.52. The van der Waals surface area contributed by atoms with Crippen molar-refractivity contribution in [3.8, 4) is 5.75 Å². The van der Waals surface area contributed by atoms with E-state index in [0.29, 0.717) is 0 Å². The number of nitrogens with two attached hydrogens (primary N) is 1. The molecule has 0 heterocycles. The van der Waals surface area contributed by atoms with Gasteiger partial charge in [0, 0.05) is 10.5 Å². The number of benzene rings is 1. The molecule has 3 N–H and O–H groups in total. The van der Waals surface area contributed by atoms with Gasteiger partial charge in [0.2, 0.25) is 0 Å². The average Bonchev–Trinajstić information content (AvgIpc) is 2.28. The minimum absolute atomic E-state index is 0.267. The second-order valence-corrected chi connectivity index (χ2v) is 5.14. The summed E-state index contributed by atoms with van der Waals surface area (Å²) in [4.78, 5) is 0. The van der Waals surface area contributed by atoms with Gasteiger partial charge in [-0.25, -0.2) is 0 Å². The lowest BCUT2D eigenvalue weighted by Crippen LogP contribution is -2.25. The van der Waals surface area contributed by atoms with E-state index < -0.39 is 0 Å². The van der Waals surface area contributed by atoms with Gasteiger partial charge in [-0.3, -0.25) is 0 Å². The summed E-state index contributed by atoms with van der Waals surface area (Å²) >= 11 is 3.47. The normalized spacial score (nSPS) is 12.5. The first kappa shape index (κ1) is 14.5. The summed E-state index contributed by atoms with van der Waals surface area (Å²) < 4.78 is 6.41. The molecule has 0 aliphatic heterocycles. The van der Waals surface area contributed by atoms with Gasteiger partial charge in [0.25, 0.3) is 0 Å². The quantitative estimate of drug-likeness (QED) is 0.760. The van der Waals surface area contributed by atoms with Gasteiger partial charge >= 0.3 is 0 Å². The van der Waals surface area contributed by atoms with Crippen LogP contribution in [0.1, 0.15) is 18.9 Å². The summed E-state index contributed by atoms with van der Waals surface area (Å²) in [5, 5.41) is 3.39. The van der Waals surface area contributed by atoms with Crippen LogP contribution >= 0.6 is 15.9 Å². The van der Waals surface area contributed by atoms with Crippen molar-refractivity contribution in [1.29, 1.82) is 0 Å².